The van der Waals surface area contributed by atoms with Gasteiger partial charge in [-0.25, -0.2) is 0 Å². The van der Waals surface area contributed by atoms with E-state index < -0.39 is 4.87 Å². The first-order valence-corrected chi connectivity index (χ1v) is 7.11. The summed E-state index contributed by atoms with van der Waals surface area (Å²) >= 11 is 10.0. The quantitative estimate of drug-likeness (QED) is 0.781. The molecule has 4 heteroatoms. The Hall–Kier alpha value is -1.32. The van der Waals surface area contributed by atoms with E-state index in [4.69, 9.17) is 11.6 Å². The Labute approximate surface area is 124 Å². The number of rotatable bonds is 1. The molecule has 1 aliphatic heterocycles. The van der Waals surface area contributed by atoms with E-state index in [1.54, 1.807) is 0 Å². The summed E-state index contributed by atoms with van der Waals surface area (Å²) in [7, 11) is 0. The van der Waals surface area contributed by atoms with Crippen molar-refractivity contribution in [3.05, 3.63) is 64.1 Å². The summed E-state index contributed by atoms with van der Waals surface area (Å²) in [5.74, 6) is -0.171. The number of fused-ring (bicyclic) bond motifs is 1. The number of amides is 1. The largest absolute Gasteiger partial charge is 0.324 e. The smallest absolute Gasteiger partial charge is 0.250 e. The molecule has 1 heterocycles. The van der Waals surface area contributed by atoms with Crippen molar-refractivity contribution in [1.29, 1.82) is 0 Å². The zero-order chi connectivity index (χ0) is 13.5. The molecule has 0 spiro atoms. The van der Waals surface area contributed by atoms with Crippen LogP contribution in [0.4, 0.5) is 5.69 Å². The maximum Gasteiger partial charge on any atom is 0.250 e. The van der Waals surface area contributed by atoms with Crippen LogP contribution in [0.1, 0.15) is 11.1 Å². The fourth-order valence-electron chi connectivity index (χ4n) is 2.33. The second kappa shape index (κ2) is 4.66. The lowest BCUT2D eigenvalue weighted by Crippen LogP contribution is -2.41. The van der Waals surface area contributed by atoms with Gasteiger partial charge in [0, 0.05) is 16.6 Å². The lowest BCUT2D eigenvalue weighted by atomic mass is 9.86. The molecule has 1 unspecified atom stereocenters. The number of carbonyl (C=O) groups excluding carboxylic acids is 1. The maximum absolute atomic E-state index is 12.3. The number of hydrogen-bond acceptors (Lipinski definition) is 1. The lowest BCUT2D eigenvalue weighted by molar-refractivity contribution is -0.119. The normalized spacial score (nSPS) is 21.7. The Morgan fingerprint density at radius 3 is 2.63 bits per heavy atom. The molecule has 1 aliphatic rings. The van der Waals surface area contributed by atoms with Gasteiger partial charge in [0.15, 0.2) is 4.87 Å². The van der Waals surface area contributed by atoms with E-state index in [0.717, 1.165) is 21.3 Å². The minimum atomic E-state index is -1.03. The SMILES string of the molecule is O=C1Nc2ccc(Br)cc2CC1(Cl)c1ccccc1. The van der Waals surface area contributed by atoms with Crippen LogP contribution in [0.3, 0.4) is 0 Å². The fourth-order valence-corrected chi connectivity index (χ4v) is 3.06. The fraction of sp³-hybridized carbons (Fsp3) is 0.133. The Bertz CT molecular complexity index is 644. The number of nitrogens with one attached hydrogen (secondary N) is 1. The predicted octanol–water partition coefficient (Wildman–Crippen LogP) is 4.08. The van der Waals surface area contributed by atoms with Crippen molar-refractivity contribution in [2.24, 2.45) is 0 Å². The molecule has 3 rings (SSSR count). The van der Waals surface area contributed by atoms with Crippen LogP contribution < -0.4 is 5.32 Å². The topological polar surface area (TPSA) is 29.1 Å². The molecule has 2 aromatic carbocycles. The van der Waals surface area contributed by atoms with Crippen LogP contribution in [-0.2, 0) is 16.1 Å². The van der Waals surface area contributed by atoms with Crippen molar-refractivity contribution in [1.82, 2.24) is 0 Å². The molecule has 1 atom stereocenters. The number of alkyl halides is 1. The molecule has 2 nitrogen and oxygen atoms in total. The summed E-state index contributed by atoms with van der Waals surface area (Å²) in [6.45, 7) is 0. The van der Waals surface area contributed by atoms with Gasteiger partial charge in [0.05, 0.1) is 0 Å². The number of hydrogen-bond donors (Lipinski definition) is 1. The van der Waals surface area contributed by atoms with Crippen LogP contribution in [0.5, 0.6) is 0 Å². The first-order chi connectivity index (χ1) is 9.09. The van der Waals surface area contributed by atoms with Gasteiger partial charge in [-0.3, -0.25) is 4.79 Å². The second-order valence-corrected chi connectivity index (χ2v) is 6.16. The predicted molar refractivity (Wildman–Crippen MR) is 80.4 cm³/mol. The van der Waals surface area contributed by atoms with E-state index >= 15 is 0 Å². The number of halogens is 2. The van der Waals surface area contributed by atoms with Gasteiger partial charge in [-0.15, -0.1) is 11.6 Å². The van der Waals surface area contributed by atoms with Crippen molar-refractivity contribution >= 4 is 39.1 Å². The highest BCUT2D eigenvalue weighted by atomic mass is 79.9. The summed E-state index contributed by atoms with van der Waals surface area (Å²) in [5, 5.41) is 2.88. The summed E-state index contributed by atoms with van der Waals surface area (Å²) in [4.78, 5) is 11.3. The Morgan fingerprint density at radius 1 is 1.16 bits per heavy atom. The molecule has 2 aromatic rings. The van der Waals surface area contributed by atoms with Crippen LogP contribution >= 0.6 is 27.5 Å². The third-order valence-corrected chi connectivity index (χ3v) is 4.36. The van der Waals surface area contributed by atoms with Gasteiger partial charge in [0.25, 0.3) is 0 Å². The molecule has 19 heavy (non-hydrogen) atoms. The van der Waals surface area contributed by atoms with E-state index in [1.807, 2.05) is 48.5 Å². The Morgan fingerprint density at radius 2 is 1.89 bits per heavy atom. The van der Waals surface area contributed by atoms with Gasteiger partial charge in [-0.2, -0.15) is 0 Å². The van der Waals surface area contributed by atoms with Crippen LogP contribution in [0, 0.1) is 0 Å². The van der Waals surface area contributed by atoms with E-state index in [2.05, 4.69) is 21.2 Å². The van der Waals surface area contributed by atoms with E-state index in [1.165, 1.54) is 0 Å². The summed E-state index contributed by atoms with van der Waals surface area (Å²) in [6, 6.07) is 15.3. The Balaban J connectivity index is 2.08. The minimum Gasteiger partial charge on any atom is -0.324 e. The molecule has 0 bridgehead atoms. The van der Waals surface area contributed by atoms with Crippen LogP contribution in [0.25, 0.3) is 0 Å². The molecule has 96 valence electrons. The van der Waals surface area contributed by atoms with Gasteiger partial charge in [0.2, 0.25) is 5.91 Å². The van der Waals surface area contributed by atoms with Crippen LogP contribution in [0.2, 0.25) is 0 Å². The standard InChI is InChI=1S/C15H11BrClNO/c16-12-6-7-13-10(8-12)9-15(17,14(19)18-13)11-4-2-1-3-5-11/h1-8H,9H2,(H,18,19). The molecule has 0 fully saturated rings. The van der Waals surface area contributed by atoms with Crippen molar-refractivity contribution < 1.29 is 4.79 Å². The monoisotopic (exact) mass is 335 g/mol. The molecule has 0 saturated heterocycles. The van der Waals surface area contributed by atoms with Crippen LogP contribution in [0.15, 0.2) is 53.0 Å². The number of carbonyl (C=O) groups is 1. The first kappa shape index (κ1) is 12.7. The maximum atomic E-state index is 12.3. The summed E-state index contributed by atoms with van der Waals surface area (Å²) in [5.41, 5.74) is 2.69. The Kier molecular flexibility index (Phi) is 3.11. The highest BCUT2D eigenvalue weighted by Crippen LogP contribution is 2.40. The zero-order valence-corrected chi connectivity index (χ0v) is 12.3. The van der Waals surface area contributed by atoms with Gasteiger partial charge < -0.3 is 5.32 Å². The highest BCUT2D eigenvalue weighted by molar-refractivity contribution is 9.10. The van der Waals surface area contributed by atoms with Crippen molar-refractivity contribution in [3.8, 4) is 0 Å². The molecule has 0 aliphatic carbocycles. The molecule has 0 aromatic heterocycles. The third kappa shape index (κ3) is 2.17. The van der Waals surface area contributed by atoms with Gasteiger partial charge >= 0.3 is 0 Å². The van der Waals surface area contributed by atoms with E-state index in [-0.39, 0.29) is 5.91 Å². The zero-order valence-electron chi connectivity index (χ0n) is 9.99. The van der Waals surface area contributed by atoms with Crippen molar-refractivity contribution in [3.63, 3.8) is 0 Å². The lowest BCUT2D eigenvalue weighted by Gasteiger charge is -2.32. The molecular weight excluding hydrogens is 326 g/mol. The number of anilines is 1. The summed E-state index contributed by atoms with van der Waals surface area (Å²) in [6.07, 6.45) is 0.485. The second-order valence-electron chi connectivity index (χ2n) is 4.60. The van der Waals surface area contributed by atoms with E-state index in [0.29, 0.717) is 6.42 Å². The average molecular weight is 337 g/mol. The summed E-state index contributed by atoms with van der Waals surface area (Å²) < 4.78 is 0.981. The molecule has 0 saturated carbocycles. The van der Waals surface area contributed by atoms with Crippen molar-refractivity contribution in [2.75, 3.05) is 5.32 Å². The molecular formula is C15H11BrClNO. The highest BCUT2D eigenvalue weighted by Gasteiger charge is 2.42. The number of benzene rings is 2. The average Bonchev–Trinajstić information content (AvgIpc) is 2.41. The molecule has 1 N–H and O–H groups in total. The van der Waals surface area contributed by atoms with Crippen molar-refractivity contribution in [2.45, 2.75) is 11.3 Å². The van der Waals surface area contributed by atoms with Gasteiger partial charge in [-0.05, 0) is 29.3 Å². The van der Waals surface area contributed by atoms with E-state index in [9.17, 15) is 4.79 Å². The third-order valence-electron chi connectivity index (χ3n) is 3.34. The minimum absolute atomic E-state index is 0.171. The van der Waals surface area contributed by atoms with Gasteiger partial charge in [-0.1, -0.05) is 46.3 Å². The molecule has 1 amide bonds. The van der Waals surface area contributed by atoms with Crippen LogP contribution in [-0.4, -0.2) is 5.91 Å². The molecule has 0 radical (unpaired) electrons. The van der Waals surface area contributed by atoms with Gasteiger partial charge in [0.1, 0.15) is 0 Å². The first-order valence-electron chi connectivity index (χ1n) is 5.94.